The van der Waals surface area contributed by atoms with Gasteiger partial charge in [0.05, 0.1) is 18.6 Å². The molecule has 1 aromatic heterocycles. The smallest absolute Gasteiger partial charge is 0.251 e. The van der Waals surface area contributed by atoms with E-state index in [1.54, 1.807) is 36.8 Å². The van der Waals surface area contributed by atoms with Crippen LogP contribution < -0.4 is 5.32 Å². The van der Waals surface area contributed by atoms with Gasteiger partial charge in [-0.2, -0.15) is 11.8 Å². The van der Waals surface area contributed by atoms with Gasteiger partial charge in [-0.05, 0) is 24.3 Å². The van der Waals surface area contributed by atoms with E-state index in [9.17, 15) is 4.79 Å². The summed E-state index contributed by atoms with van der Waals surface area (Å²) in [6.07, 6.45) is 3.44. The summed E-state index contributed by atoms with van der Waals surface area (Å²) < 4.78 is 5.23. The average Bonchev–Trinajstić information content (AvgIpc) is 3.10. The van der Waals surface area contributed by atoms with E-state index in [4.69, 9.17) is 16.0 Å². The van der Waals surface area contributed by atoms with Crippen LogP contribution in [0, 0.1) is 0 Å². The molecule has 23 heavy (non-hydrogen) atoms. The molecule has 0 unspecified atom stereocenters. The Labute approximate surface area is 145 Å². The summed E-state index contributed by atoms with van der Waals surface area (Å²) in [5, 5.41) is 3.59. The Kier molecular flexibility index (Phi) is 5.65. The fourth-order valence-corrected chi connectivity index (χ4v) is 3.85. The number of nitrogens with one attached hydrogen (secondary N) is 1. The van der Waals surface area contributed by atoms with Crippen LogP contribution in [-0.4, -0.2) is 41.9 Å². The predicted molar refractivity (Wildman–Crippen MR) is 94.1 cm³/mol. The number of carbonyl (C=O) groups is 1. The first kappa shape index (κ1) is 16.4. The van der Waals surface area contributed by atoms with Crippen molar-refractivity contribution in [1.82, 2.24) is 10.2 Å². The predicted octanol–water partition coefficient (Wildman–Crippen LogP) is 3.45. The van der Waals surface area contributed by atoms with Crippen molar-refractivity contribution in [2.75, 3.05) is 31.1 Å². The number of nitrogens with zero attached hydrogens (tertiary/aromatic N) is 1. The van der Waals surface area contributed by atoms with E-state index in [1.807, 2.05) is 17.8 Å². The first-order valence-corrected chi connectivity index (χ1v) is 9.15. The maximum absolute atomic E-state index is 12.3. The zero-order valence-electron chi connectivity index (χ0n) is 12.7. The molecule has 6 heteroatoms. The van der Waals surface area contributed by atoms with E-state index in [0.29, 0.717) is 17.1 Å². The molecule has 1 amide bonds. The third kappa shape index (κ3) is 4.31. The third-order valence-corrected chi connectivity index (χ3v) is 5.13. The summed E-state index contributed by atoms with van der Waals surface area (Å²) in [6.45, 7) is 2.59. The molecule has 1 atom stereocenters. The van der Waals surface area contributed by atoms with Crippen LogP contribution in [0.1, 0.15) is 22.0 Å². The molecule has 1 N–H and O–H groups in total. The molecule has 1 fully saturated rings. The average molecular weight is 351 g/mol. The van der Waals surface area contributed by atoms with Gasteiger partial charge < -0.3 is 9.73 Å². The van der Waals surface area contributed by atoms with E-state index >= 15 is 0 Å². The van der Waals surface area contributed by atoms with Gasteiger partial charge in [0.15, 0.2) is 0 Å². The molecule has 0 spiro atoms. The minimum atomic E-state index is -0.104. The van der Waals surface area contributed by atoms with Crippen molar-refractivity contribution >= 4 is 29.3 Å². The van der Waals surface area contributed by atoms with Gasteiger partial charge in [0, 0.05) is 47.3 Å². The second-order valence-electron chi connectivity index (χ2n) is 5.44. The lowest BCUT2D eigenvalue weighted by molar-refractivity contribution is 0.0934. The van der Waals surface area contributed by atoms with Crippen LogP contribution in [0.2, 0.25) is 5.02 Å². The maximum atomic E-state index is 12.3. The van der Waals surface area contributed by atoms with Crippen molar-refractivity contribution in [1.29, 1.82) is 0 Å². The maximum Gasteiger partial charge on any atom is 0.251 e. The molecule has 2 aromatic rings. The van der Waals surface area contributed by atoms with E-state index < -0.39 is 0 Å². The fraction of sp³-hybridized carbons (Fsp3) is 0.353. The van der Waals surface area contributed by atoms with E-state index in [1.165, 1.54) is 0 Å². The van der Waals surface area contributed by atoms with Crippen molar-refractivity contribution in [2.45, 2.75) is 6.04 Å². The summed E-state index contributed by atoms with van der Waals surface area (Å²) in [4.78, 5) is 14.7. The van der Waals surface area contributed by atoms with Crippen molar-refractivity contribution in [3.63, 3.8) is 0 Å². The SMILES string of the molecule is O=C(NC[C@H](c1ccoc1)N1CCSCC1)c1cccc(Cl)c1. The molecule has 0 saturated carbocycles. The minimum Gasteiger partial charge on any atom is -0.472 e. The lowest BCUT2D eigenvalue weighted by Crippen LogP contribution is -2.41. The number of thioether (sulfide) groups is 1. The van der Waals surface area contributed by atoms with E-state index in [2.05, 4.69) is 10.2 Å². The van der Waals surface area contributed by atoms with Gasteiger partial charge in [-0.15, -0.1) is 0 Å². The zero-order valence-corrected chi connectivity index (χ0v) is 14.3. The largest absolute Gasteiger partial charge is 0.472 e. The van der Waals surface area contributed by atoms with Gasteiger partial charge in [-0.3, -0.25) is 9.69 Å². The van der Waals surface area contributed by atoms with E-state index in [0.717, 1.165) is 30.2 Å². The van der Waals surface area contributed by atoms with Gasteiger partial charge in [0.2, 0.25) is 0 Å². The molecule has 1 saturated heterocycles. The summed E-state index contributed by atoms with van der Waals surface area (Å²) in [7, 11) is 0. The molecule has 122 valence electrons. The van der Waals surface area contributed by atoms with Gasteiger partial charge >= 0.3 is 0 Å². The molecule has 3 rings (SSSR count). The van der Waals surface area contributed by atoms with Crippen molar-refractivity contribution in [3.8, 4) is 0 Å². The quantitative estimate of drug-likeness (QED) is 0.897. The lowest BCUT2D eigenvalue weighted by atomic mass is 10.1. The Morgan fingerprint density at radius 1 is 1.35 bits per heavy atom. The number of rotatable bonds is 5. The molecule has 2 heterocycles. The topological polar surface area (TPSA) is 45.5 Å². The highest BCUT2D eigenvalue weighted by molar-refractivity contribution is 7.99. The van der Waals surface area contributed by atoms with Crippen molar-refractivity contribution < 1.29 is 9.21 Å². The number of furan rings is 1. The van der Waals surface area contributed by atoms with Crippen LogP contribution in [0.3, 0.4) is 0 Å². The van der Waals surface area contributed by atoms with Crippen LogP contribution in [-0.2, 0) is 0 Å². The normalized spacial score (nSPS) is 16.9. The third-order valence-electron chi connectivity index (χ3n) is 3.96. The highest BCUT2D eigenvalue weighted by atomic mass is 35.5. The van der Waals surface area contributed by atoms with Gasteiger partial charge in [-0.1, -0.05) is 17.7 Å². The Morgan fingerprint density at radius 2 is 2.17 bits per heavy atom. The summed E-state index contributed by atoms with van der Waals surface area (Å²) >= 11 is 7.92. The van der Waals surface area contributed by atoms with Crippen LogP contribution in [0.25, 0.3) is 0 Å². The zero-order chi connectivity index (χ0) is 16.1. The summed E-state index contributed by atoms with van der Waals surface area (Å²) in [5.74, 6) is 2.14. The molecular formula is C17H19ClN2O2S. The molecular weight excluding hydrogens is 332 g/mol. The highest BCUT2D eigenvalue weighted by Crippen LogP contribution is 2.24. The summed E-state index contributed by atoms with van der Waals surface area (Å²) in [6, 6.07) is 9.10. The molecule has 0 aliphatic carbocycles. The van der Waals surface area contributed by atoms with Crippen LogP contribution >= 0.6 is 23.4 Å². The number of hydrogen-bond acceptors (Lipinski definition) is 4. The molecule has 1 aliphatic rings. The Bertz CT molecular complexity index is 642. The standard InChI is InChI=1S/C17H19ClN2O2S/c18-15-3-1-2-13(10-15)17(21)19-11-16(14-4-7-22-12-14)20-5-8-23-9-6-20/h1-4,7,10,12,16H,5-6,8-9,11H2,(H,19,21)/t16-/m1/s1. The van der Waals surface area contributed by atoms with Crippen molar-refractivity contribution in [3.05, 3.63) is 59.0 Å². The minimum absolute atomic E-state index is 0.104. The Hall–Kier alpha value is -1.43. The first-order valence-electron chi connectivity index (χ1n) is 7.62. The van der Waals surface area contributed by atoms with Gasteiger partial charge in [0.25, 0.3) is 5.91 Å². The van der Waals surface area contributed by atoms with Crippen LogP contribution in [0.15, 0.2) is 47.3 Å². The lowest BCUT2D eigenvalue weighted by Gasteiger charge is -2.34. The molecule has 0 radical (unpaired) electrons. The van der Waals surface area contributed by atoms with Crippen LogP contribution in [0.4, 0.5) is 0 Å². The number of carbonyl (C=O) groups excluding carboxylic acids is 1. The van der Waals surface area contributed by atoms with E-state index in [-0.39, 0.29) is 11.9 Å². The number of hydrogen-bond donors (Lipinski definition) is 1. The molecule has 1 aromatic carbocycles. The van der Waals surface area contributed by atoms with Gasteiger partial charge in [0.1, 0.15) is 0 Å². The number of halogens is 1. The fourth-order valence-electron chi connectivity index (χ4n) is 2.73. The first-order chi connectivity index (χ1) is 11.2. The highest BCUT2D eigenvalue weighted by Gasteiger charge is 2.24. The van der Waals surface area contributed by atoms with Gasteiger partial charge in [-0.25, -0.2) is 0 Å². The Balaban J connectivity index is 1.67. The molecule has 0 bridgehead atoms. The second kappa shape index (κ2) is 7.90. The molecule has 1 aliphatic heterocycles. The summed E-state index contributed by atoms with van der Waals surface area (Å²) in [5.41, 5.74) is 1.68. The second-order valence-corrected chi connectivity index (χ2v) is 7.10. The van der Waals surface area contributed by atoms with Crippen molar-refractivity contribution in [2.24, 2.45) is 0 Å². The van der Waals surface area contributed by atoms with Crippen LogP contribution in [0.5, 0.6) is 0 Å². The molecule has 4 nitrogen and oxygen atoms in total. The number of benzene rings is 1. The Morgan fingerprint density at radius 3 is 2.87 bits per heavy atom. The monoisotopic (exact) mass is 350 g/mol. The number of amides is 1.